The first kappa shape index (κ1) is 24.0. The second-order valence-electron chi connectivity index (χ2n) is 8.85. The number of carbonyl (C=O) groups excluding carboxylic acids is 1. The van der Waals surface area contributed by atoms with Gasteiger partial charge in [0.05, 0.1) is 11.2 Å². The number of rotatable bonds is 5. The Balaban J connectivity index is 0.00000267. The number of hydrogen-bond acceptors (Lipinski definition) is 5. The second kappa shape index (κ2) is 10.5. The van der Waals surface area contributed by atoms with Crippen molar-refractivity contribution in [1.29, 1.82) is 0 Å². The summed E-state index contributed by atoms with van der Waals surface area (Å²) in [6.07, 6.45) is 0. The van der Waals surface area contributed by atoms with E-state index in [1.54, 1.807) is 6.07 Å². The van der Waals surface area contributed by atoms with E-state index in [2.05, 4.69) is 32.7 Å². The molecule has 2 aromatic heterocycles. The lowest BCUT2D eigenvalue weighted by molar-refractivity contribution is 0.102. The molecule has 0 atom stereocenters. The molecular formula is C29H27ClN4O2. The molecule has 1 fully saturated rings. The van der Waals surface area contributed by atoms with Gasteiger partial charge in [-0.25, -0.2) is 4.98 Å². The average Bonchev–Trinajstić information content (AvgIpc) is 3.35. The summed E-state index contributed by atoms with van der Waals surface area (Å²) in [6, 6.07) is 27.5. The highest BCUT2D eigenvalue weighted by Crippen LogP contribution is 2.34. The Morgan fingerprint density at radius 2 is 1.75 bits per heavy atom. The molecular weight excluding hydrogens is 472 g/mol. The van der Waals surface area contributed by atoms with Crippen LogP contribution in [0.2, 0.25) is 0 Å². The first-order valence-corrected chi connectivity index (χ1v) is 12.0. The van der Waals surface area contributed by atoms with E-state index in [0.717, 1.165) is 65.9 Å². The van der Waals surface area contributed by atoms with Gasteiger partial charge in [-0.15, -0.1) is 12.4 Å². The molecule has 6 rings (SSSR count). The van der Waals surface area contributed by atoms with Crippen molar-refractivity contribution in [2.45, 2.75) is 6.54 Å². The SMILES string of the molecule is Cl.O=C(Nc1ccccc1-c1cc2c(CN3CCNCC3)cccc2o1)c1ccc2ccccc2n1. The van der Waals surface area contributed by atoms with Gasteiger partial charge >= 0.3 is 0 Å². The molecule has 182 valence electrons. The number of pyridine rings is 1. The Kier molecular flexibility index (Phi) is 7.00. The predicted octanol–water partition coefficient (Wildman–Crippen LogP) is 5.73. The van der Waals surface area contributed by atoms with E-state index in [1.165, 1.54) is 5.56 Å². The maximum Gasteiger partial charge on any atom is 0.274 e. The van der Waals surface area contributed by atoms with Crippen LogP contribution in [0.3, 0.4) is 0 Å². The quantitative estimate of drug-likeness (QED) is 0.324. The molecule has 2 N–H and O–H groups in total. The number of amides is 1. The maximum atomic E-state index is 13.1. The molecule has 0 aliphatic carbocycles. The zero-order valence-electron chi connectivity index (χ0n) is 19.7. The van der Waals surface area contributed by atoms with E-state index >= 15 is 0 Å². The van der Waals surface area contributed by atoms with Crippen LogP contribution in [0.5, 0.6) is 0 Å². The molecule has 5 aromatic rings. The largest absolute Gasteiger partial charge is 0.456 e. The van der Waals surface area contributed by atoms with Crippen molar-refractivity contribution in [3.05, 3.63) is 96.2 Å². The van der Waals surface area contributed by atoms with Crippen molar-refractivity contribution in [3.8, 4) is 11.3 Å². The Morgan fingerprint density at radius 3 is 2.64 bits per heavy atom. The molecule has 1 aliphatic rings. The first-order valence-electron chi connectivity index (χ1n) is 12.0. The molecule has 3 heterocycles. The lowest BCUT2D eigenvalue weighted by Gasteiger charge is -2.27. The Labute approximate surface area is 215 Å². The van der Waals surface area contributed by atoms with Gasteiger partial charge in [0.25, 0.3) is 5.91 Å². The second-order valence-corrected chi connectivity index (χ2v) is 8.85. The fraction of sp³-hybridized carbons (Fsp3) is 0.172. The average molecular weight is 499 g/mol. The van der Waals surface area contributed by atoms with Gasteiger partial charge in [0.15, 0.2) is 0 Å². The number of para-hydroxylation sites is 2. The van der Waals surface area contributed by atoms with Crippen molar-refractivity contribution >= 4 is 45.9 Å². The van der Waals surface area contributed by atoms with E-state index in [4.69, 9.17) is 4.42 Å². The van der Waals surface area contributed by atoms with Crippen molar-refractivity contribution in [3.63, 3.8) is 0 Å². The molecule has 0 bridgehead atoms. The van der Waals surface area contributed by atoms with Crippen molar-refractivity contribution in [1.82, 2.24) is 15.2 Å². The van der Waals surface area contributed by atoms with Crippen LogP contribution in [-0.2, 0) is 6.54 Å². The number of halogens is 1. The summed E-state index contributed by atoms with van der Waals surface area (Å²) in [5.41, 5.74) is 4.80. The molecule has 3 aromatic carbocycles. The van der Waals surface area contributed by atoms with Crippen LogP contribution in [0.25, 0.3) is 33.2 Å². The van der Waals surface area contributed by atoms with Crippen LogP contribution in [0, 0.1) is 0 Å². The topological polar surface area (TPSA) is 70.4 Å². The van der Waals surface area contributed by atoms with Gasteiger partial charge in [0, 0.05) is 49.1 Å². The van der Waals surface area contributed by atoms with Gasteiger partial charge < -0.3 is 15.1 Å². The third kappa shape index (κ3) is 4.84. The molecule has 1 amide bonds. The number of nitrogens with one attached hydrogen (secondary N) is 2. The number of hydrogen-bond donors (Lipinski definition) is 2. The van der Waals surface area contributed by atoms with E-state index in [9.17, 15) is 4.79 Å². The Hall–Kier alpha value is -3.71. The monoisotopic (exact) mass is 498 g/mol. The van der Waals surface area contributed by atoms with E-state index in [0.29, 0.717) is 11.4 Å². The molecule has 1 saturated heterocycles. The fourth-order valence-electron chi connectivity index (χ4n) is 4.69. The highest BCUT2D eigenvalue weighted by molar-refractivity contribution is 6.06. The molecule has 0 radical (unpaired) electrons. The van der Waals surface area contributed by atoms with Crippen molar-refractivity contribution < 1.29 is 9.21 Å². The number of furan rings is 1. The zero-order chi connectivity index (χ0) is 23.6. The standard InChI is InChI=1S/C29H26N4O2.ClH/c34-29(26-13-12-20-6-1-3-9-24(20)31-26)32-25-10-4-2-8-22(25)28-18-23-21(7-5-11-27(23)35-28)19-33-16-14-30-15-17-33;/h1-13,18,30H,14-17,19H2,(H,32,34);1H. The van der Waals surface area contributed by atoms with Crippen LogP contribution in [0.1, 0.15) is 16.1 Å². The lowest BCUT2D eigenvalue weighted by Crippen LogP contribution is -2.42. The minimum absolute atomic E-state index is 0. The van der Waals surface area contributed by atoms with Crippen molar-refractivity contribution in [2.75, 3.05) is 31.5 Å². The summed E-state index contributed by atoms with van der Waals surface area (Å²) in [5.74, 6) is 0.480. The summed E-state index contributed by atoms with van der Waals surface area (Å²) in [5, 5.41) is 8.56. The first-order chi connectivity index (χ1) is 17.2. The lowest BCUT2D eigenvalue weighted by atomic mass is 10.1. The maximum absolute atomic E-state index is 13.1. The summed E-state index contributed by atoms with van der Waals surface area (Å²) < 4.78 is 6.27. The van der Waals surface area contributed by atoms with Gasteiger partial charge in [-0.1, -0.05) is 48.5 Å². The number of benzene rings is 3. The highest BCUT2D eigenvalue weighted by Gasteiger charge is 2.17. The van der Waals surface area contributed by atoms with Crippen LogP contribution >= 0.6 is 12.4 Å². The van der Waals surface area contributed by atoms with Gasteiger partial charge in [-0.3, -0.25) is 9.69 Å². The summed E-state index contributed by atoms with van der Waals surface area (Å²) in [4.78, 5) is 20.1. The smallest absolute Gasteiger partial charge is 0.274 e. The molecule has 6 nitrogen and oxygen atoms in total. The van der Waals surface area contributed by atoms with Gasteiger partial charge in [-0.05, 0) is 42.0 Å². The predicted molar refractivity (Wildman–Crippen MR) is 147 cm³/mol. The number of fused-ring (bicyclic) bond motifs is 2. The normalized spacial score (nSPS) is 14.0. The fourth-order valence-corrected chi connectivity index (χ4v) is 4.69. The summed E-state index contributed by atoms with van der Waals surface area (Å²) >= 11 is 0. The molecule has 36 heavy (non-hydrogen) atoms. The highest BCUT2D eigenvalue weighted by atomic mass is 35.5. The van der Waals surface area contributed by atoms with Crippen molar-refractivity contribution in [2.24, 2.45) is 0 Å². The molecule has 0 spiro atoms. The van der Waals surface area contributed by atoms with E-state index < -0.39 is 0 Å². The number of anilines is 1. The number of piperazine rings is 1. The third-order valence-electron chi connectivity index (χ3n) is 6.53. The molecule has 1 aliphatic heterocycles. The Morgan fingerprint density at radius 1 is 0.944 bits per heavy atom. The summed E-state index contributed by atoms with van der Waals surface area (Å²) in [7, 11) is 0. The van der Waals surface area contributed by atoms with Crippen LogP contribution in [-0.4, -0.2) is 42.0 Å². The van der Waals surface area contributed by atoms with E-state index in [-0.39, 0.29) is 18.3 Å². The Bertz CT molecular complexity index is 1520. The minimum atomic E-state index is -0.251. The molecule has 7 heteroatoms. The van der Waals surface area contributed by atoms with Gasteiger partial charge in [0.2, 0.25) is 0 Å². The van der Waals surface area contributed by atoms with Crippen LogP contribution in [0.15, 0.2) is 89.3 Å². The van der Waals surface area contributed by atoms with Gasteiger partial charge in [-0.2, -0.15) is 0 Å². The minimum Gasteiger partial charge on any atom is -0.456 e. The number of carbonyl (C=O) groups is 1. The van der Waals surface area contributed by atoms with E-state index in [1.807, 2.05) is 66.7 Å². The zero-order valence-corrected chi connectivity index (χ0v) is 20.6. The number of aromatic nitrogens is 1. The number of nitrogens with zero attached hydrogens (tertiary/aromatic N) is 2. The molecule has 0 unspecified atom stereocenters. The van der Waals surface area contributed by atoms with Crippen LogP contribution < -0.4 is 10.6 Å². The van der Waals surface area contributed by atoms with Crippen LogP contribution in [0.4, 0.5) is 5.69 Å². The molecule has 0 saturated carbocycles. The third-order valence-corrected chi connectivity index (χ3v) is 6.53. The van der Waals surface area contributed by atoms with Gasteiger partial charge in [0.1, 0.15) is 17.0 Å². The summed E-state index contributed by atoms with van der Waals surface area (Å²) in [6.45, 7) is 5.01.